The van der Waals surface area contributed by atoms with Gasteiger partial charge in [-0.25, -0.2) is 8.42 Å². The van der Waals surface area contributed by atoms with Crippen LogP contribution in [-0.2, 0) is 10.0 Å². The zero-order valence-electron chi connectivity index (χ0n) is 20.2. The number of rotatable bonds is 8. The zero-order valence-corrected chi connectivity index (χ0v) is 21.0. The van der Waals surface area contributed by atoms with Crippen LogP contribution in [0.3, 0.4) is 0 Å². The number of benzene rings is 1. The van der Waals surface area contributed by atoms with E-state index < -0.39 is 10.0 Å². The summed E-state index contributed by atoms with van der Waals surface area (Å²) in [6.45, 7) is 8.40. The quantitative estimate of drug-likeness (QED) is 0.640. The first-order chi connectivity index (χ1) is 15.1. The van der Waals surface area contributed by atoms with E-state index in [1.54, 1.807) is 16.4 Å². The molecule has 0 aromatic heterocycles. The Morgan fingerprint density at radius 3 is 2.19 bits per heavy atom. The molecule has 2 fully saturated rings. The zero-order chi connectivity index (χ0) is 23.4. The third-order valence-electron chi connectivity index (χ3n) is 6.32. The number of hydrogen-bond donors (Lipinski definition) is 1. The van der Waals surface area contributed by atoms with Gasteiger partial charge in [-0.2, -0.15) is 4.31 Å². The number of amides is 1. The van der Waals surface area contributed by atoms with Crippen molar-refractivity contribution in [3.8, 4) is 0 Å². The first-order valence-electron chi connectivity index (χ1n) is 11.9. The lowest BCUT2D eigenvalue weighted by Gasteiger charge is -2.33. The van der Waals surface area contributed by atoms with Gasteiger partial charge < -0.3 is 15.1 Å². The molecule has 0 aliphatic carbocycles. The van der Waals surface area contributed by atoms with Gasteiger partial charge in [0, 0.05) is 44.8 Å². The van der Waals surface area contributed by atoms with Gasteiger partial charge in [0.15, 0.2) is 0 Å². The van der Waals surface area contributed by atoms with Crippen molar-refractivity contribution in [1.29, 1.82) is 0 Å². The minimum Gasteiger partial charge on any atom is -0.370 e. The highest BCUT2D eigenvalue weighted by Gasteiger charge is 2.31. The lowest BCUT2D eigenvalue weighted by molar-refractivity contribution is 0.0929. The minimum absolute atomic E-state index is 0.0877. The maximum absolute atomic E-state index is 13.6. The Hall–Kier alpha value is -1.64. The van der Waals surface area contributed by atoms with Gasteiger partial charge in [-0.15, -0.1) is 0 Å². The fourth-order valence-electron chi connectivity index (χ4n) is 4.84. The summed E-state index contributed by atoms with van der Waals surface area (Å²) in [7, 11) is 0.377. The first-order valence-corrected chi connectivity index (χ1v) is 13.4. The molecule has 1 amide bonds. The molecular weight excluding hydrogens is 424 g/mol. The highest BCUT2D eigenvalue weighted by molar-refractivity contribution is 7.89. The van der Waals surface area contributed by atoms with E-state index in [4.69, 9.17) is 0 Å². The minimum atomic E-state index is -3.65. The molecule has 0 spiro atoms. The Bertz CT molecular complexity index is 887. The van der Waals surface area contributed by atoms with E-state index in [1.165, 1.54) is 6.42 Å². The van der Waals surface area contributed by atoms with Crippen molar-refractivity contribution >= 4 is 21.6 Å². The molecule has 0 unspecified atom stereocenters. The molecule has 1 aromatic carbocycles. The van der Waals surface area contributed by atoms with Gasteiger partial charge in [0.25, 0.3) is 5.91 Å². The molecule has 2 heterocycles. The van der Waals surface area contributed by atoms with Crippen molar-refractivity contribution in [2.75, 3.05) is 58.3 Å². The number of sulfonamides is 1. The van der Waals surface area contributed by atoms with Crippen LogP contribution in [0.25, 0.3) is 0 Å². The van der Waals surface area contributed by atoms with Gasteiger partial charge in [-0.1, -0.05) is 20.3 Å². The molecular formula is C24H40N4O3S. The molecule has 7 nitrogen and oxygen atoms in total. The summed E-state index contributed by atoms with van der Waals surface area (Å²) in [5.41, 5.74) is 1.05. The van der Waals surface area contributed by atoms with E-state index in [1.807, 2.05) is 20.2 Å². The number of carbonyl (C=O) groups excluding carboxylic acids is 1. The predicted molar refractivity (Wildman–Crippen MR) is 130 cm³/mol. The van der Waals surface area contributed by atoms with Crippen LogP contribution >= 0.6 is 0 Å². The SMILES string of the molecule is CN(C)CC(C)(C)CNC(=O)c1ccc(N2CCCCC2)c(S(=O)(=O)N2CCCCC2)c1. The number of anilines is 1. The van der Waals surface area contributed by atoms with Crippen molar-refractivity contribution in [3.63, 3.8) is 0 Å². The maximum atomic E-state index is 13.6. The maximum Gasteiger partial charge on any atom is 0.251 e. The summed E-state index contributed by atoms with van der Waals surface area (Å²) >= 11 is 0. The summed E-state index contributed by atoms with van der Waals surface area (Å²) in [5, 5.41) is 3.01. The van der Waals surface area contributed by atoms with Crippen LogP contribution in [0, 0.1) is 5.41 Å². The number of hydrogen-bond acceptors (Lipinski definition) is 5. The molecule has 0 saturated carbocycles. The van der Waals surface area contributed by atoms with Gasteiger partial charge in [-0.05, 0) is 69.8 Å². The largest absolute Gasteiger partial charge is 0.370 e. The van der Waals surface area contributed by atoms with Crippen LogP contribution in [0.4, 0.5) is 5.69 Å². The standard InChI is InChI=1S/C24H40N4O3S/c1-24(2,19-26(3)4)18-25-23(29)20-11-12-21(27-13-7-5-8-14-27)22(17-20)32(30,31)28-15-9-6-10-16-28/h11-12,17H,5-10,13-16,18-19H2,1-4H3,(H,25,29). The number of nitrogens with one attached hydrogen (secondary N) is 1. The molecule has 2 aliphatic rings. The molecule has 180 valence electrons. The Labute approximate surface area is 194 Å². The predicted octanol–water partition coefficient (Wildman–Crippen LogP) is 3.17. The van der Waals surface area contributed by atoms with E-state index >= 15 is 0 Å². The van der Waals surface area contributed by atoms with Gasteiger partial charge in [0.05, 0.1) is 5.69 Å². The number of nitrogens with zero attached hydrogens (tertiary/aromatic N) is 3. The van der Waals surface area contributed by atoms with Crippen molar-refractivity contribution < 1.29 is 13.2 Å². The van der Waals surface area contributed by atoms with Crippen molar-refractivity contribution in [2.24, 2.45) is 5.41 Å². The van der Waals surface area contributed by atoms with E-state index in [0.717, 1.165) is 57.4 Å². The molecule has 0 bridgehead atoms. The molecule has 2 saturated heterocycles. The molecule has 0 atom stereocenters. The van der Waals surface area contributed by atoms with Crippen LogP contribution in [0.5, 0.6) is 0 Å². The molecule has 3 rings (SSSR count). The lowest BCUT2D eigenvalue weighted by Crippen LogP contribution is -2.40. The van der Waals surface area contributed by atoms with Gasteiger partial charge in [-0.3, -0.25) is 4.79 Å². The molecule has 8 heteroatoms. The lowest BCUT2D eigenvalue weighted by atomic mass is 9.93. The normalized spacial score (nSPS) is 18.7. The van der Waals surface area contributed by atoms with E-state index in [2.05, 4.69) is 29.0 Å². The number of piperidine rings is 2. The Morgan fingerprint density at radius 1 is 1.00 bits per heavy atom. The average molecular weight is 465 g/mol. The van der Waals surface area contributed by atoms with Crippen LogP contribution in [0.2, 0.25) is 0 Å². The molecule has 2 aliphatic heterocycles. The van der Waals surface area contributed by atoms with E-state index in [-0.39, 0.29) is 16.2 Å². The average Bonchev–Trinajstić information content (AvgIpc) is 2.77. The van der Waals surface area contributed by atoms with E-state index in [0.29, 0.717) is 25.2 Å². The van der Waals surface area contributed by atoms with Crippen molar-refractivity contribution in [1.82, 2.24) is 14.5 Å². The number of carbonyl (C=O) groups is 1. The third-order valence-corrected chi connectivity index (χ3v) is 8.25. The Morgan fingerprint density at radius 2 is 1.59 bits per heavy atom. The van der Waals surface area contributed by atoms with Crippen LogP contribution in [0.15, 0.2) is 23.1 Å². The molecule has 1 aromatic rings. The third kappa shape index (κ3) is 6.23. The summed E-state index contributed by atoms with van der Waals surface area (Å²) in [4.78, 5) is 17.5. The Balaban J connectivity index is 1.88. The summed E-state index contributed by atoms with van der Waals surface area (Å²) in [5.74, 6) is -0.225. The van der Waals surface area contributed by atoms with E-state index in [9.17, 15) is 13.2 Å². The van der Waals surface area contributed by atoms with Crippen molar-refractivity contribution in [2.45, 2.75) is 57.3 Å². The van der Waals surface area contributed by atoms with Crippen LogP contribution < -0.4 is 10.2 Å². The van der Waals surface area contributed by atoms with Crippen LogP contribution in [0.1, 0.15) is 62.7 Å². The monoisotopic (exact) mass is 464 g/mol. The van der Waals surface area contributed by atoms with Gasteiger partial charge in [0.2, 0.25) is 10.0 Å². The van der Waals surface area contributed by atoms with Crippen LogP contribution in [-0.4, -0.2) is 76.9 Å². The molecule has 0 radical (unpaired) electrons. The Kier molecular flexibility index (Phi) is 8.22. The second kappa shape index (κ2) is 10.5. The highest BCUT2D eigenvalue weighted by Crippen LogP contribution is 2.32. The summed E-state index contributed by atoms with van der Waals surface area (Å²) in [6.07, 6.45) is 6.14. The highest BCUT2D eigenvalue weighted by atomic mass is 32.2. The second-order valence-corrected chi connectivity index (χ2v) is 12.2. The van der Waals surface area contributed by atoms with Gasteiger partial charge >= 0.3 is 0 Å². The molecule has 32 heavy (non-hydrogen) atoms. The second-order valence-electron chi connectivity index (χ2n) is 10.3. The first kappa shape index (κ1) is 25.0. The fourth-order valence-corrected chi connectivity index (χ4v) is 6.59. The fraction of sp³-hybridized carbons (Fsp3) is 0.708. The topological polar surface area (TPSA) is 73.0 Å². The molecule has 1 N–H and O–H groups in total. The van der Waals surface area contributed by atoms with Gasteiger partial charge in [0.1, 0.15) is 4.90 Å². The summed E-state index contributed by atoms with van der Waals surface area (Å²) < 4.78 is 28.9. The van der Waals surface area contributed by atoms with Crippen molar-refractivity contribution in [3.05, 3.63) is 23.8 Å². The smallest absolute Gasteiger partial charge is 0.251 e. The summed E-state index contributed by atoms with van der Waals surface area (Å²) in [6, 6.07) is 5.21.